The zero-order valence-corrected chi connectivity index (χ0v) is 16.2. The minimum atomic E-state index is -0.143. The predicted octanol–water partition coefficient (Wildman–Crippen LogP) is 3.97. The quantitative estimate of drug-likeness (QED) is 0.670. The fourth-order valence-corrected chi connectivity index (χ4v) is 3.36. The molecule has 0 saturated carbocycles. The maximum absolute atomic E-state index is 12.3. The molecule has 3 aromatic rings. The van der Waals surface area contributed by atoms with Crippen LogP contribution >= 0.6 is 23.4 Å². The van der Waals surface area contributed by atoms with Gasteiger partial charge in [-0.3, -0.25) is 4.79 Å². The van der Waals surface area contributed by atoms with E-state index in [4.69, 9.17) is 11.6 Å². The Morgan fingerprint density at radius 3 is 2.73 bits per heavy atom. The van der Waals surface area contributed by atoms with Gasteiger partial charge in [-0.05, 0) is 60.5 Å². The number of nitrogens with one attached hydrogen (secondary N) is 1. The third kappa shape index (κ3) is 4.23. The van der Waals surface area contributed by atoms with Crippen LogP contribution < -0.4 is 5.32 Å². The molecule has 1 aromatic heterocycles. The Labute approximate surface area is 160 Å². The molecule has 1 N–H and O–H groups in total. The van der Waals surface area contributed by atoms with Gasteiger partial charge in [0.15, 0.2) is 0 Å². The Hall–Kier alpha value is -2.38. The first-order valence-electron chi connectivity index (χ1n) is 7.99. The molecule has 0 spiro atoms. The van der Waals surface area contributed by atoms with E-state index in [1.165, 1.54) is 17.3 Å². The summed E-state index contributed by atoms with van der Waals surface area (Å²) in [6.45, 7) is 5.96. The van der Waals surface area contributed by atoms with Crippen LogP contribution in [0.3, 0.4) is 0 Å². The summed E-state index contributed by atoms with van der Waals surface area (Å²) in [5.74, 6) is 0.0487. The number of carbonyl (C=O) groups excluding carboxylic acids is 1. The highest BCUT2D eigenvalue weighted by molar-refractivity contribution is 7.99. The van der Waals surface area contributed by atoms with E-state index in [1.54, 1.807) is 16.8 Å². The number of amides is 1. The lowest BCUT2D eigenvalue weighted by atomic mass is 10.1. The molecular formula is C18H18ClN5OS. The SMILES string of the molecule is Cc1ccc(-n2nnnc2SCC(=O)Nc2cc(Cl)ccc2C)c(C)c1. The summed E-state index contributed by atoms with van der Waals surface area (Å²) in [6.07, 6.45) is 0. The molecule has 0 radical (unpaired) electrons. The molecule has 3 rings (SSSR count). The number of anilines is 1. The van der Waals surface area contributed by atoms with Crippen LogP contribution in [-0.4, -0.2) is 31.9 Å². The fourth-order valence-electron chi connectivity index (χ4n) is 2.51. The Morgan fingerprint density at radius 1 is 1.15 bits per heavy atom. The molecule has 134 valence electrons. The molecule has 1 heterocycles. The van der Waals surface area contributed by atoms with Crippen molar-refractivity contribution in [3.63, 3.8) is 0 Å². The number of thioether (sulfide) groups is 1. The van der Waals surface area contributed by atoms with Crippen LogP contribution in [0.25, 0.3) is 5.69 Å². The van der Waals surface area contributed by atoms with Gasteiger partial charge in [-0.2, -0.15) is 4.68 Å². The average molecular weight is 388 g/mol. The molecular weight excluding hydrogens is 370 g/mol. The summed E-state index contributed by atoms with van der Waals surface area (Å²) in [7, 11) is 0. The van der Waals surface area contributed by atoms with Gasteiger partial charge in [0.2, 0.25) is 11.1 Å². The Kier molecular flexibility index (Phi) is 5.58. The summed E-state index contributed by atoms with van der Waals surface area (Å²) in [5.41, 5.74) is 4.79. The van der Waals surface area contributed by atoms with Gasteiger partial charge >= 0.3 is 0 Å². The first-order valence-corrected chi connectivity index (χ1v) is 9.35. The third-order valence-electron chi connectivity index (χ3n) is 3.83. The number of halogens is 1. The van der Waals surface area contributed by atoms with Crippen LogP contribution in [0.2, 0.25) is 5.02 Å². The largest absolute Gasteiger partial charge is 0.325 e. The molecule has 0 unspecified atom stereocenters. The van der Waals surface area contributed by atoms with Gasteiger partial charge in [0, 0.05) is 10.7 Å². The molecule has 6 nitrogen and oxygen atoms in total. The monoisotopic (exact) mass is 387 g/mol. The second kappa shape index (κ2) is 7.88. The lowest BCUT2D eigenvalue weighted by Crippen LogP contribution is -2.15. The van der Waals surface area contributed by atoms with Crippen molar-refractivity contribution < 1.29 is 4.79 Å². The van der Waals surface area contributed by atoms with Gasteiger partial charge in [-0.1, -0.05) is 47.1 Å². The molecule has 26 heavy (non-hydrogen) atoms. The maximum atomic E-state index is 12.3. The summed E-state index contributed by atoms with van der Waals surface area (Å²) < 4.78 is 1.65. The number of hydrogen-bond acceptors (Lipinski definition) is 5. The van der Waals surface area contributed by atoms with Crippen LogP contribution in [-0.2, 0) is 4.79 Å². The van der Waals surface area contributed by atoms with E-state index in [1.807, 2.05) is 39.0 Å². The van der Waals surface area contributed by atoms with Crippen LogP contribution in [0.4, 0.5) is 5.69 Å². The Balaban J connectivity index is 1.70. The zero-order chi connectivity index (χ0) is 18.7. The highest BCUT2D eigenvalue weighted by Crippen LogP contribution is 2.23. The lowest BCUT2D eigenvalue weighted by Gasteiger charge is -2.10. The second-order valence-electron chi connectivity index (χ2n) is 5.96. The number of nitrogens with zero attached hydrogens (tertiary/aromatic N) is 4. The first kappa shape index (κ1) is 18.4. The highest BCUT2D eigenvalue weighted by atomic mass is 35.5. The van der Waals surface area contributed by atoms with E-state index in [0.29, 0.717) is 15.9 Å². The molecule has 0 aliphatic carbocycles. The van der Waals surface area contributed by atoms with Gasteiger partial charge in [0.1, 0.15) is 0 Å². The average Bonchev–Trinajstić information content (AvgIpc) is 3.04. The van der Waals surface area contributed by atoms with Crippen molar-refractivity contribution in [3.8, 4) is 5.69 Å². The predicted molar refractivity (Wildman–Crippen MR) is 104 cm³/mol. The topological polar surface area (TPSA) is 72.7 Å². The van der Waals surface area contributed by atoms with Crippen LogP contribution in [0.1, 0.15) is 16.7 Å². The number of rotatable bonds is 5. The second-order valence-corrected chi connectivity index (χ2v) is 7.34. The van der Waals surface area contributed by atoms with Gasteiger partial charge in [0.25, 0.3) is 0 Å². The van der Waals surface area contributed by atoms with Crippen LogP contribution in [0.15, 0.2) is 41.6 Å². The summed E-state index contributed by atoms with van der Waals surface area (Å²) in [6, 6.07) is 11.4. The zero-order valence-electron chi connectivity index (χ0n) is 14.7. The third-order valence-corrected chi connectivity index (χ3v) is 4.98. The molecule has 1 amide bonds. The van der Waals surface area contributed by atoms with Crippen molar-refractivity contribution in [2.75, 3.05) is 11.1 Å². The number of aryl methyl sites for hydroxylation is 3. The van der Waals surface area contributed by atoms with Crippen LogP contribution in [0, 0.1) is 20.8 Å². The van der Waals surface area contributed by atoms with Crippen LogP contribution in [0.5, 0.6) is 0 Å². The Bertz CT molecular complexity index is 957. The molecule has 0 fully saturated rings. The van der Waals surface area contributed by atoms with Crippen molar-refractivity contribution in [1.29, 1.82) is 0 Å². The molecule has 0 atom stereocenters. The number of aromatic nitrogens is 4. The number of tetrazole rings is 1. The highest BCUT2D eigenvalue weighted by Gasteiger charge is 2.14. The van der Waals surface area contributed by atoms with E-state index in [9.17, 15) is 4.79 Å². The Morgan fingerprint density at radius 2 is 1.96 bits per heavy atom. The van der Waals surface area contributed by atoms with E-state index in [0.717, 1.165) is 16.8 Å². The van der Waals surface area contributed by atoms with E-state index < -0.39 is 0 Å². The minimum Gasteiger partial charge on any atom is -0.325 e. The molecule has 2 aromatic carbocycles. The molecule has 8 heteroatoms. The first-order chi connectivity index (χ1) is 12.4. The van der Waals surface area contributed by atoms with Crippen molar-refractivity contribution >= 4 is 35.0 Å². The van der Waals surface area contributed by atoms with Gasteiger partial charge in [-0.15, -0.1) is 5.10 Å². The standard InChI is InChI=1S/C18H18ClN5OS/c1-11-4-7-16(13(3)8-11)24-18(21-22-23-24)26-10-17(25)20-15-9-14(19)6-5-12(15)2/h4-9H,10H2,1-3H3,(H,20,25). The maximum Gasteiger partial charge on any atom is 0.234 e. The number of benzene rings is 2. The molecule has 0 saturated heterocycles. The van der Waals surface area contributed by atoms with Gasteiger partial charge < -0.3 is 5.32 Å². The fraction of sp³-hybridized carbons (Fsp3) is 0.222. The number of hydrogen-bond donors (Lipinski definition) is 1. The molecule has 0 bridgehead atoms. The summed E-state index contributed by atoms with van der Waals surface area (Å²) in [4.78, 5) is 12.3. The van der Waals surface area contributed by atoms with Gasteiger partial charge in [0.05, 0.1) is 11.4 Å². The van der Waals surface area contributed by atoms with Gasteiger partial charge in [-0.25, -0.2) is 0 Å². The van der Waals surface area contributed by atoms with E-state index >= 15 is 0 Å². The normalized spacial score (nSPS) is 10.8. The molecule has 0 aliphatic rings. The van der Waals surface area contributed by atoms with E-state index in [2.05, 4.69) is 26.9 Å². The van der Waals surface area contributed by atoms with Crippen molar-refractivity contribution in [2.45, 2.75) is 25.9 Å². The van der Waals surface area contributed by atoms with Crippen molar-refractivity contribution in [2.24, 2.45) is 0 Å². The molecule has 0 aliphatic heterocycles. The lowest BCUT2D eigenvalue weighted by molar-refractivity contribution is -0.113. The number of carbonyl (C=O) groups is 1. The smallest absolute Gasteiger partial charge is 0.234 e. The van der Waals surface area contributed by atoms with Crippen molar-refractivity contribution in [1.82, 2.24) is 20.2 Å². The minimum absolute atomic E-state index is 0.143. The summed E-state index contributed by atoms with van der Waals surface area (Å²) in [5, 5.41) is 15.8. The van der Waals surface area contributed by atoms with E-state index in [-0.39, 0.29) is 11.7 Å². The van der Waals surface area contributed by atoms with Crippen molar-refractivity contribution in [3.05, 3.63) is 58.1 Å². The summed E-state index contributed by atoms with van der Waals surface area (Å²) >= 11 is 7.27.